The fourth-order valence-corrected chi connectivity index (χ4v) is 4.25. The van der Waals surface area contributed by atoms with Crippen molar-refractivity contribution in [3.8, 4) is 0 Å². The molecule has 0 saturated heterocycles. The second-order valence-corrected chi connectivity index (χ2v) is 9.84. The van der Waals surface area contributed by atoms with Crippen LogP contribution in [0.2, 0.25) is 0 Å². The number of rotatable bonds is 17. The summed E-state index contributed by atoms with van der Waals surface area (Å²) in [4.78, 5) is 56.5. The zero-order valence-corrected chi connectivity index (χ0v) is 25.2. The Hall–Kier alpha value is -3.10. The van der Waals surface area contributed by atoms with Crippen LogP contribution >= 0.6 is 0 Å². The minimum absolute atomic E-state index is 0. The molecule has 0 spiro atoms. The van der Waals surface area contributed by atoms with Crippen molar-refractivity contribution < 1.29 is 51.2 Å². The van der Waals surface area contributed by atoms with E-state index in [1.165, 1.54) is 6.47 Å². The molecule has 1 amide bonds. The predicted molar refractivity (Wildman–Crippen MR) is 150 cm³/mol. The molecule has 1 aromatic rings. The number of pyridine rings is 1. The van der Waals surface area contributed by atoms with Crippen LogP contribution in [0.15, 0.2) is 23.3 Å². The first-order valence-corrected chi connectivity index (χ1v) is 13.9. The van der Waals surface area contributed by atoms with E-state index in [0.29, 0.717) is 58.8 Å². The molecule has 14 nitrogen and oxygen atoms in total. The number of fused-ring (bicyclic) bond motifs is 2. The van der Waals surface area contributed by atoms with Crippen molar-refractivity contribution in [3.63, 3.8) is 0 Å². The van der Waals surface area contributed by atoms with Crippen LogP contribution in [0.5, 0.6) is 0 Å². The first-order valence-electron chi connectivity index (χ1n) is 13.9. The maximum Gasteiger partial charge on any atom is 0.327 e. The van der Waals surface area contributed by atoms with Crippen LogP contribution in [0.4, 0.5) is 0 Å². The number of aromatic nitrogens is 1. The fraction of sp³-hybridized carbons (Fsp3) is 0.630. The molecule has 1 aliphatic heterocycles. The number of carboxylic acid groups (broad SMARTS) is 2. The first kappa shape index (κ1) is 36.9. The molecule has 0 aliphatic carbocycles. The van der Waals surface area contributed by atoms with Gasteiger partial charge in [-0.3, -0.25) is 29.8 Å². The molecule has 2 bridgehead atoms. The Kier molecular flexibility index (Phi) is 19.0. The van der Waals surface area contributed by atoms with E-state index in [-0.39, 0.29) is 49.1 Å². The van der Waals surface area contributed by atoms with Gasteiger partial charge in [-0.2, -0.15) is 5.10 Å². The Morgan fingerprint density at radius 3 is 2.43 bits per heavy atom. The van der Waals surface area contributed by atoms with Gasteiger partial charge < -0.3 is 30.0 Å². The van der Waals surface area contributed by atoms with E-state index in [9.17, 15) is 29.4 Å². The molecule has 1 unspecified atom stereocenters. The summed E-state index contributed by atoms with van der Waals surface area (Å²) in [5.41, 5.74) is 4.13. The number of nitrogens with zero attached hydrogens (tertiary/aromatic N) is 5. The van der Waals surface area contributed by atoms with Crippen molar-refractivity contribution >= 4 is 30.5 Å². The van der Waals surface area contributed by atoms with Gasteiger partial charge in [-0.05, 0) is 37.9 Å². The van der Waals surface area contributed by atoms with E-state index in [1.807, 2.05) is 34.9 Å². The van der Waals surface area contributed by atoms with Gasteiger partial charge in [-0.25, -0.2) is 4.79 Å². The number of carbonyl (C=O) groups excluding carboxylic acids is 2. The van der Waals surface area contributed by atoms with Gasteiger partial charge in [0.2, 0.25) is 5.91 Å². The topological polar surface area (TPSA) is 177 Å². The third kappa shape index (κ3) is 15.8. The third-order valence-electron chi connectivity index (χ3n) is 6.44. The quantitative estimate of drug-likeness (QED) is 0.0607. The van der Waals surface area contributed by atoms with Gasteiger partial charge in [0.1, 0.15) is 12.8 Å². The molecule has 4 N–H and O–H groups in total. The van der Waals surface area contributed by atoms with Crippen LogP contribution in [0, 0.1) is 0 Å². The van der Waals surface area contributed by atoms with Crippen LogP contribution in [0.1, 0.15) is 50.4 Å². The molecule has 235 valence electrons. The average Bonchev–Trinajstić information content (AvgIpc) is 2.93. The predicted octanol–water partition coefficient (Wildman–Crippen LogP) is 0.240. The van der Waals surface area contributed by atoms with Crippen LogP contribution < -0.4 is 10.7 Å². The SMILES string of the molecule is CCC/C=N/NC(CCC(=O)NCCCN1CCN(CO[C-]=O)Cc2cccc(n2)CN(CC(=O)O)CC1)C(=O)O.[Mn]. The van der Waals surface area contributed by atoms with Crippen molar-refractivity contribution in [3.05, 3.63) is 29.6 Å². The fourth-order valence-electron chi connectivity index (χ4n) is 4.25. The van der Waals surface area contributed by atoms with Gasteiger partial charge >= 0.3 is 11.9 Å². The summed E-state index contributed by atoms with van der Waals surface area (Å²) in [7, 11) is 0. The van der Waals surface area contributed by atoms with Gasteiger partial charge in [-0.15, -0.1) is 0 Å². The molecule has 2 heterocycles. The molecule has 2 rings (SSSR count). The Morgan fingerprint density at radius 2 is 1.79 bits per heavy atom. The normalized spacial score (nSPS) is 15.9. The Bertz CT molecular complexity index is 1000. The Morgan fingerprint density at radius 1 is 1.12 bits per heavy atom. The Labute approximate surface area is 257 Å². The molecule has 15 heteroatoms. The Balaban J connectivity index is 0.00000882. The zero-order chi connectivity index (χ0) is 29.9. The van der Waals surface area contributed by atoms with Crippen LogP contribution in [-0.4, -0.2) is 119 Å². The van der Waals surface area contributed by atoms with E-state index in [2.05, 4.69) is 25.7 Å². The number of carbonyl (C=O) groups is 3. The summed E-state index contributed by atoms with van der Waals surface area (Å²) in [6, 6.07) is 4.68. The molecule has 0 fully saturated rings. The number of hydrogen-bond donors (Lipinski definition) is 4. The summed E-state index contributed by atoms with van der Waals surface area (Å²) < 4.78 is 4.88. The van der Waals surface area contributed by atoms with Gasteiger partial charge in [0.05, 0.1) is 17.9 Å². The molecule has 42 heavy (non-hydrogen) atoms. The first-order chi connectivity index (χ1) is 19.8. The number of carboxylic acids is 2. The third-order valence-corrected chi connectivity index (χ3v) is 6.44. The molecule has 1 radical (unpaired) electrons. The maximum atomic E-state index is 12.3. The van der Waals surface area contributed by atoms with Gasteiger partial charge in [-0.1, -0.05) is 25.9 Å². The van der Waals surface area contributed by atoms with Crippen molar-refractivity contribution in [2.45, 2.75) is 58.2 Å². The number of unbranched alkanes of at least 4 members (excludes halogenated alkanes) is 1. The van der Waals surface area contributed by atoms with Crippen molar-refractivity contribution in [1.29, 1.82) is 0 Å². The van der Waals surface area contributed by atoms with E-state index in [1.54, 1.807) is 6.21 Å². The smallest absolute Gasteiger partial charge is 0.327 e. The molecule has 1 aliphatic rings. The van der Waals surface area contributed by atoms with Crippen LogP contribution in [-0.2, 0) is 54.1 Å². The number of nitrogens with one attached hydrogen (secondary N) is 2. The minimum Gasteiger partial charge on any atom is -0.642 e. The summed E-state index contributed by atoms with van der Waals surface area (Å²) >= 11 is 0. The number of aliphatic carboxylic acids is 2. The van der Waals surface area contributed by atoms with Crippen molar-refractivity contribution in [2.24, 2.45) is 5.10 Å². The van der Waals surface area contributed by atoms with Gasteiger partial charge in [0.25, 0.3) is 0 Å². The van der Waals surface area contributed by atoms with Gasteiger partial charge in [0, 0.05) is 75.5 Å². The molecular formula is C27H42MnN7O7-. The van der Waals surface area contributed by atoms with E-state index < -0.39 is 18.0 Å². The van der Waals surface area contributed by atoms with Crippen LogP contribution in [0.25, 0.3) is 0 Å². The summed E-state index contributed by atoms with van der Waals surface area (Å²) in [5.74, 6) is -2.21. The standard InChI is InChI=1S/C27H42N7O7.Mn/c1-2-3-11-29-31-24(27(39)40)8-9-25(36)28-10-5-12-32-13-15-33(19-26(37)38)17-22-6-4-7-23(30-22)18-34(16-14-32)20-41-21-35;/h4,6-7,11,24,31H,2-3,5,8-10,12-20H2,1H3,(H,28,36)(H,37,38)(H,39,40);/q-1;/b29-11+;. The number of amides is 1. The van der Waals surface area contributed by atoms with E-state index in [0.717, 1.165) is 24.2 Å². The number of hydrazone groups is 1. The molecule has 1 aromatic heterocycles. The zero-order valence-electron chi connectivity index (χ0n) is 24.0. The van der Waals surface area contributed by atoms with Gasteiger partial charge in [0.15, 0.2) is 0 Å². The van der Waals surface area contributed by atoms with E-state index in [4.69, 9.17) is 4.74 Å². The largest absolute Gasteiger partial charge is 0.642 e. The molecular weight excluding hydrogens is 589 g/mol. The number of ether oxygens (including phenoxy) is 1. The summed E-state index contributed by atoms with van der Waals surface area (Å²) in [6.07, 6.45) is 4.08. The summed E-state index contributed by atoms with van der Waals surface area (Å²) in [5, 5.41) is 25.5. The maximum absolute atomic E-state index is 12.3. The molecule has 0 saturated carbocycles. The second kappa shape index (κ2) is 21.6. The average molecular weight is 632 g/mol. The summed E-state index contributed by atoms with van der Waals surface area (Å²) in [6.45, 7) is 7.61. The van der Waals surface area contributed by atoms with Crippen molar-refractivity contribution in [2.75, 3.05) is 52.5 Å². The minimum atomic E-state index is -1.06. The monoisotopic (exact) mass is 631 g/mol. The van der Waals surface area contributed by atoms with E-state index >= 15 is 0 Å². The molecule has 1 atom stereocenters. The second-order valence-electron chi connectivity index (χ2n) is 9.84. The van der Waals surface area contributed by atoms with Crippen LogP contribution in [0.3, 0.4) is 0 Å². The van der Waals surface area contributed by atoms with Crippen molar-refractivity contribution in [1.82, 2.24) is 30.4 Å². The molecule has 0 aromatic carbocycles. The number of hydrogen-bond acceptors (Lipinski definition) is 11.